The van der Waals surface area contributed by atoms with Crippen molar-refractivity contribution in [3.63, 3.8) is 0 Å². The molecule has 0 aliphatic heterocycles. The van der Waals surface area contributed by atoms with Crippen molar-refractivity contribution in [1.29, 1.82) is 0 Å². The number of aromatic amines is 1. The Morgan fingerprint density at radius 3 is 2.63 bits per heavy atom. The molecule has 0 atom stereocenters. The van der Waals surface area contributed by atoms with Crippen LogP contribution in [-0.2, 0) is 6.54 Å². The summed E-state index contributed by atoms with van der Waals surface area (Å²) in [6, 6.07) is 10.2. The minimum absolute atomic E-state index is 0.0849. The molecule has 1 aromatic heterocycles. The molecule has 7 heteroatoms. The summed E-state index contributed by atoms with van der Waals surface area (Å²) >= 11 is 0. The van der Waals surface area contributed by atoms with E-state index < -0.39 is 12.0 Å². The molecule has 1 heterocycles. The van der Waals surface area contributed by atoms with Gasteiger partial charge in [-0.2, -0.15) is 5.10 Å². The van der Waals surface area contributed by atoms with Crippen molar-refractivity contribution < 1.29 is 14.7 Å². The predicted molar refractivity (Wildman–Crippen MR) is 67.8 cm³/mol. The van der Waals surface area contributed by atoms with Gasteiger partial charge in [0, 0.05) is 12.6 Å². The van der Waals surface area contributed by atoms with E-state index >= 15 is 0 Å². The Morgan fingerprint density at radius 2 is 2.00 bits per heavy atom. The van der Waals surface area contributed by atoms with E-state index in [0.717, 1.165) is 5.56 Å². The summed E-state index contributed by atoms with van der Waals surface area (Å²) in [5.41, 5.74) is 0.879. The van der Waals surface area contributed by atoms with Crippen molar-refractivity contribution >= 4 is 17.8 Å². The van der Waals surface area contributed by atoms with Crippen LogP contribution in [0.4, 0.5) is 10.6 Å². The minimum Gasteiger partial charge on any atom is -0.477 e. The normalized spacial score (nSPS) is 9.89. The zero-order valence-electron chi connectivity index (χ0n) is 9.88. The number of benzene rings is 1. The summed E-state index contributed by atoms with van der Waals surface area (Å²) in [5.74, 6) is -0.979. The second-order valence-electron chi connectivity index (χ2n) is 3.77. The average molecular weight is 260 g/mol. The fourth-order valence-corrected chi connectivity index (χ4v) is 1.43. The Balaban J connectivity index is 1.85. The second kappa shape index (κ2) is 5.67. The molecule has 19 heavy (non-hydrogen) atoms. The molecule has 0 saturated carbocycles. The van der Waals surface area contributed by atoms with E-state index in [1.165, 1.54) is 6.07 Å². The number of carboxylic acid groups (broad SMARTS) is 1. The number of carbonyl (C=O) groups excluding carboxylic acids is 1. The lowest BCUT2D eigenvalue weighted by Crippen LogP contribution is -2.28. The molecule has 2 amide bonds. The Morgan fingerprint density at radius 1 is 1.26 bits per heavy atom. The quantitative estimate of drug-likeness (QED) is 0.667. The minimum atomic E-state index is -1.13. The average Bonchev–Trinajstić information content (AvgIpc) is 2.86. The number of H-pyrrole nitrogens is 1. The fourth-order valence-electron chi connectivity index (χ4n) is 1.43. The van der Waals surface area contributed by atoms with Gasteiger partial charge in [0.2, 0.25) is 0 Å². The number of nitrogens with one attached hydrogen (secondary N) is 3. The summed E-state index contributed by atoms with van der Waals surface area (Å²) in [7, 11) is 0. The SMILES string of the molecule is O=C(NCc1ccccc1)Nc1cc(C(=O)O)[nH]n1. The third-order valence-electron chi connectivity index (χ3n) is 2.35. The van der Waals surface area contributed by atoms with Gasteiger partial charge in [-0.3, -0.25) is 10.4 Å². The maximum atomic E-state index is 11.5. The molecule has 4 N–H and O–H groups in total. The number of hydrogen-bond acceptors (Lipinski definition) is 3. The van der Waals surface area contributed by atoms with Crippen LogP contribution in [0.15, 0.2) is 36.4 Å². The lowest BCUT2D eigenvalue weighted by molar-refractivity contribution is 0.0690. The number of amides is 2. The summed E-state index contributed by atoms with van der Waals surface area (Å²) in [4.78, 5) is 22.2. The summed E-state index contributed by atoms with van der Waals surface area (Å²) in [6.45, 7) is 0.378. The van der Waals surface area contributed by atoms with Crippen LogP contribution in [0.5, 0.6) is 0 Å². The topological polar surface area (TPSA) is 107 Å². The van der Waals surface area contributed by atoms with E-state index in [9.17, 15) is 9.59 Å². The molecule has 0 spiro atoms. The monoisotopic (exact) mass is 260 g/mol. The molecule has 0 aliphatic rings. The van der Waals surface area contributed by atoms with Crippen molar-refractivity contribution in [1.82, 2.24) is 15.5 Å². The van der Waals surface area contributed by atoms with Gasteiger partial charge in [-0.05, 0) is 5.56 Å². The first-order valence-corrected chi connectivity index (χ1v) is 5.52. The molecule has 2 rings (SSSR count). The molecule has 1 aromatic carbocycles. The maximum absolute atomic E-state index is 11.5. The van der Waals surface area contributed by atoms with E-state index in [-0.39, 0.29) is 11.5 Å². The maximum Gasteiger partial charge on any atom is 0.353 e. The van der Waals surface area contributed by atoms with Gasteiger partial charge in [0.05, 0.1) is 0 Å². The standard InChI is InChI=1S/C12H12N4O3/c17-11(18)9-6-10(16-15-9)14-12(19)13-7-8-4-2-1-3-5-8/h1-6H,7H2,(H,17,18)(H3,13,14,15,16,19). The first-order chi connectivity index (χ1) is 9.15. The molecular formula is C12H12N4O3. The third kappa shape index (κ3) is 3.56. The lowest BCUT2D eigenvalue weighted by Gasteiger charge is -2.05. The zero-order chi connectivity index (χ0) is 13.7. The van der Waals surface area contributed by atoms with Gasteiger partial charge in [0.25, 0.3) is 0 Å². The largest absolute Gasteiger partial charge is 0.477 e. The zero-order valence-corrected chi connectivity index (χ0v) is 9.88. The Labute approximate surface area is 108 Å². The van der Waals surface area contributed by atoms with Crippen LogP contribution < -0.4 is 10.6 Å². The van der Waals surface area contributed by atoms with Crippen molar-refractivity contribution in [2.45, 2.75) is 6.54 Å². The highest BCUT2D eigenvalue weighted by molar-refractivity contribution is 5.91. The van der Waals surface area contributed by atoms with Gasteiger partial charge in [-0.25, -0.2) is 9.59 Å². The van der Waals surface area contributed by atoms with Crippen molar-refractivity contribution in [3.05, 3.63) is 47.7 Å². The molecule has 0 radical (unpaired) electrons. The smallest absolute Gasteiger partial charge is 0.353 e. The van der Waals surface area contributed by atoms with Gasteiger partial charge in [0.15, 0.2) is 5.82 Å². The number of carboxylic acids is 1. The summed E-state index contributed by atoms with van der Waals surface area (Å²) in [6.07, 6.45) is 0. The van der Waals surface area contributed by atoms with Crippen LogP contribution in [0.1, 0.15) is 16.1 Å². The second-order valence-corrected chi connectivity index (χ2v) is 3.77. The van der Waals surface area contributed by atoms with Crippen molar-refractivity contribution in [3.8, 4) is 0 Å². The summed E-state index contributed by atoms with van der Waals surface area (Å²) < 4.78 is 0. The molecule has 0 aliphatic carbocycles. The van der Waals surface area contributed by atoms with Crippen LogP contribution in [0, 0.1) is 0 Å². The van der Waals surface area contributed by atoms with E-state index in [4.69, 9.17) is 5.11 Å². The van der Waals surface area contributed by atoms with Crippen molar-refractivity contribution in [2.75, 3.05) is 5.32 Å². The Kier molecular flexibility index (Phi) is 3.77. The van der Waals surface area contributed by atoms with Crippen LogP contribution >= 0.6 is 0 Å². The Hall–Kier alpha value is -2.83. The van der Waals surface area contributed by atoms with Gasteiger partial charge in [-0.1, -0.05) is 30.3 Å². The number of anilines is 1. The number of aromatic carboxylic acids is 1. The van der Waals surface area contributed by atoms with E-state index in [1.807, 2.05) is 30.3 Å². The molecule has 2 aromatic rings. The van der Waals surface area contributed by atoms with E-state index in [1.54, 1.807) is 0 Å². The molecule has 0 fully saturated rings. The number of hydrogen-bond donors (Lipinski definition) is 4. The van der Waals surface area contributed by atoms with Gasteiger partial charge in [0.1, 0.15) is 5.69 Å². The molecular weight excluding hydrogens is 248 g/mol. The van der Waals surface area contributed by atoms with Crippen molar-refractivity contribution in [2.24, 2.45) is 0 Å². The number of nitrogens with zero attached hydrogens (tertiary/aromatic N) is 1. The molecule has 98 valence electrons. The number of rotatable bonds is 4. The van der Waals surface area contributed by atoms with Gasteiger partial charge in [-0.15, -0.1) is 0 Å². The van der Waals surface area contributed by atoms with Gasteiger partial charge < -0.3 is 10.4 Å². The first kappa shape index (κ1) is 12.6. The highest BCUT2D eigenvalue weighted by Crippen LogP contribution is 2.05. The molecule has 7 nitrogen and oxygen atoms in total. The first-order valence-electron chi connectivity index (χ1n) is 5.52. The van der Waals surface area contributed by atoms with Crippen LogP contribution in [0.3, 0.4) is 0 Å². The van der Waals surface area contributed by atoms with Crippen LogP contribution in [0.2, 0.25) is 0 Å². The number of aromatic nitrogens is 2. The molecule has 0 bridgehead atoms. The van der Waals surface area contributed by atoms with Gasteiger partial charge >= 0.3 is 12.0 Å². The number of urea groups is 1. The van der Waals surface area contributed by atoms with E-state index in [0.29, 0.717) is 6.54 Å². The highest BCUT2D eigenvalue weighted by Gasteiger charge is 2.09. The Bertz CT molecular complexity index is 580. The van der Waals surface area contributed by atoms with E-state index in [2.05, 4.69) is 20.8 Å². The summed E-state index contributed by atoms with van der Waals surface area (Å²) in [5, 5.41) is 19.7. The highest BCUT2D eigenvalue weighted by atomic mass is 16.4. The molecule has 0 saturated heterocycles. The van der Waals surface area contributed by atoms with Crippen LogP contribution in [0.25, 0.3) is 0 Å². The predicted octanol–water partition coefficient (Wildman–Crippen LogP) is 1.43. The number of carbonyl (C=O) groups is 2. The lowest BCUT2D eigenvalue weighted by atomic mass is 10.2. The van der Waals surface area contributed by atoms with Crippen LogP contribution in [-0.4, -0.2) is 27.3 Å². The fraction of sp³-hybridized carbons (Fsp3) is 0.0833. The molecule has 0 unspecified atom stereocenters. The third-order valence-corrected chi connectivity index (χ3v) is 2.35.